The van der Waals surface area contributed by atoms with Crippen LogP contribution in [0.3, 0.4) is 0 Å². The minimum absolute atomic E-state index is 0.518. The molecule has 1 heterocycles. The fourth-order valence-corrected chi connectivity index (χ4v) is 1.56. The minimum atomic E-state index is 0.518. The molecule has 1 aromatic heterocycles. The second-order valence-corrected chi connectivity index (χ2v) is 3.54. The summed E-state index contributed by atoms with van der Waals surface area (Å²) in [6, 6.07) is 0. The van der Waals surface area contributed by atoms with Crippen molar-refractivity contribution < 1.29 is 0 Å². The molecule has 0 aliphatic rings. The summed E-state index contributed by atoms with van der Waals surface area (Å²) in [5.41, 5.74) is 5.40. The van der Waals surface area contributed by atoms with E-state index in [1.54, 1.807) is 11.3 Å². The number of aryl methyl sites for hydroxylation is 1. The van der Waals surface area contributed by atoms with Crippen molar-refractivity contribution >= 4 is 11.3 Å². The van der Waals surface area contributed by atoms with Crippen molar-refractivity contribution in [2.24, 2.45) is 5.73 Å². The summed E-state index contributed by atoms with van der Waals surface area (Å²) in [4.78, 5) is 0. The molecule has 0 atom stereocenters. The van der Waals surface area contributed by atoms with E-state index in [-0.39, 0.29) is 0 Å². The van der Waals surface area contributed by atoms with E-state index in [1.807, 2.05) is 0 Å². The third-order valence-electron chi connectivity index (χ3n) is 1.43. The van der Waals surface area contributed by atoms with Gasteiger partial charge in [-0.1, -0.05) is 13.3 Å². The summed E-state index contributed by atoms with van der Waals surface area (Å²) in [6.45, 7) is 2.69. The van der Waals surface area contributed by atoms with E-state index in [1.165, 1.54) is 12.8 Å². The van der Waals surface area contributed by atoms with Crippen molar-refractivity contribution in [1.29, 1.82) is 0 Å². The maximum atomic E-state index is 5.40. The van der Waals surface area contributed by atoms with E-state index in [0.717, 1.165) is 16.4 Å². The zero-order valence-corrected chi connectivity index (χ0v) is 7.52. The molecule has 0 bridgehead atoms. The quantitative estimate of drug-likeness (QED) is 0.743. The highest BCUT2D eigenvalue weighted by Gasteiger charge is 2.00. The van der Waals surface area contributed by atoms with Gasteiger partial charge in [0.1, 0.15) is 10.0 Å². The topological polar surface area (TPSA) is 51.8 Å². The summed E-state index contributed by atoms with van der Waals surface area (Å²) in [6.07, 6.45) is 3.45. The van der Waals surface area contributed by atoms with Gasteiger partial charge in [0, 0.05) is 13.0 Å². The highest BCUT2D eigenvalue weighted by Crippen LogP contribution is 2.11. The molecule has 0 spiro atoms. The monoisotopic (exact) mass is 171 g/mol. The van der Waals surface area contributed by atoms with E-state index in [9.17, 15) is 0 Å². The first kappa shape index (κ1) is 8.62. The molecule has 0 unspecified atom stereocenters. The Balaban J connectivity index is 2.44. The zero-order chi connectivity index (χ0) is 8.10. The largest absolute Gasteiger partial charge is 0.324 e. The lowest BCUT2D eigenvalue weighted by atomic mass is 10.3. The first-order valence-corrected chi connectivity index (χ1v) is 4.69. The molecule has 0 fully saturated rings. The van der Waals surface area contributed by atoms with Crippen LogP contribution >= 0.6 is 11.3 Å². The second-order valence-electron chi connectivity index (χ2n) is 2.40. The van der Waals surface area contributed by atoms with Gasteiger partial charge in [-0.15, -0.1) is 21.5 Å². The van der Waals surface area contributed by atoms with Gasteiger partial charge in [-0.2, -0.15) is 0 Å². The van der Waals surface area contributed by atoms with Gasteiger partial charge in [-0.05, 0) is 6.42 Å². The van der Waals surface area contributed by atoms with Crippen LogP contribution in [-0.2, 0) is 13.0 Å². The van der Waals surface area contributed by atoms with Crippen LogP contribution in [0.1, 0.15) is 29.8 Å². The molecule has 1 aromatic rings. The van der Waals surface area contributed by atoms with Gasteiger partial charge >= 0.3 is 0 Å². The van der Waals surface area contributed by atoms with Gasteiger partial charge < -0.3 is 5.73 Å². The molecular weight excluding hydrogens is 158 g/mol. The number of hydrogen-bond acceptors (Lipinski definition) is 4. The van der Waals surface area contributed by atoms with Crippen molar-refractivity contribution in [3.8, 4) is 0 Å². The first-order valence-electron chi connectivity index (χ1n) is 3.88. The Morgan fingerprint density at radius 3 is 2.64 bits per heavy atom. The summed E-state index contributed by atoms with van der Waals surface area (Å²) in [7, 11) is 0. The van der Waals surface area contributed by atoms with Crippen molar-refractivity contribution in [3.05, 3.63) is 10.0 Å². The Morgan fingerprint density at radius 2 is 2.09 bits per heavy atom. The fraction of sp³-hybridized carbons (Fsp3) is 0.714. The molecule has 3 nitrogen and oxygen atoms in total. The second kappa shape index (κ2) is 4.41. The van der Waals surface area contributed by atoms with Crippen LogP contribution < -0.4 is 5.73 Å². The molecule has 62 valence electrons. The number of rotatable bonds is 4. The SMILES string of the molecule is CCCCc1nnc(CN)s1. The molecule has 0 saturated heterocycles. The normalized spacial score (nSPS) is 10.4. The molecular formula is C7H13N3S. The van der Waals surface area contributed by atoms with Crippen LogP contribution in [0.2, 0.25) is 0 Å². The molecule has 0 radical (unpaired) electrons. The van der Waals surface area contributed by atoms with E-state index in [0.29, 0.717) is 6.54 Å². The summed E-state index contributed by atoms with van der Waals surface area (Å²) in [5, 5.41) is 10.0. The molecule has 11 heavy (non-hydrogen) atoms. The van der Waals surface area contributed by atoms with Crippen LogP contribution in [0.25, 0.3) is 0 Å². The fourth-order valence-electron chi connectivity index (χ4n) is 0.800. The number of nitrogens with two attached hydrogens (primary N) is 1. The average molecular weight is 171 g/mol. The predicted octanol–water partition coefficient (Wildman–Crippen LogP) is 1.34. The molecule has 4 heteroatoms. The number of hydrogen-bond donors (Lipinski definition) is 1. The lowest BCUT2D eigenvalue weighted by Crippen LogP contribution is -1.94. The molecule has 0 amide bonds. The number of aromatic nitrogens is 2. The van der Waals surface area contributed by atoms with Gasteiger partial charge in [0.05, 0.1) is 0 Å². The van der Waals surface area contributed by atoms with Gasteiger partial charge in [0.2, 0.25) is 0 Å². The number of nitrogens with zero attached hydrogens (tertiary/aromatic N) is 2. The van der Waals surface area contributed by atoms with Crippen LogP contribution in [0.5, 0.6) is 0 Å². The highest BCUT2D eigenvalue weighted by atomic mass is 32.1. The molecule has 0 saturated carbocycles. The predicted molar refractivity (Wildman–Crippen MR) is 46.4 cm³/mol. The Morgan fingerprint density at radius 1 is 1.36 bits per heavy atom. The standard InChI is InChI=1S/C7H13N3S/c1-2-3-4-6-9-10-7(5-8)11-6/h2-5,8H2,1H3. The van der Waals surface area contributed by atoms with Crippen LogP contribution in [0, 0.1) is 0 Å². The maximum absolute atomic E-state index is 5.40. The highest BCUT2D eigenvalue weighted by molar-refractivity contribution is 7.11. The minimum Gasteiger partial charge on any atom is -0.324 e. The molecule has 2 N–H and O–H groups in total. The molecule has 0 aliphatic heterocycles. The lowest BCUT2D eigenvalue weighted by Gasteiger charge is -1.88. The third kappa shape index (κ3) is 2.55. The molecule has 0 aromatic carbocycles. The third-order valence-corrected chi connectivity index (χ3v) is 2.43. The Hall–Kier alpha value is -0.480. The summed E-state index contributed by atoms with van der Waals surface area (Å²) >= 11 is 1.63. The number of unbranched alkanes of at least 4 members (excludes halogenated alkanes) is 1. The summed E-state index contributed by atoms with van der Waals surface area (Å²) in [5.74, 6) is 0. The van der Waals surface area contributed by atoms with Crippen molar-refractivity contribution in [1.82, 2.24) is 10.2 Å². The van der Waals surface area contributed by atoms with Gasteiger partial charge in [0.25, 0.3) is 0 Å². The van der Waals surface area contributed by atoms with E-state index in [2.05, 4.69) is 17.1 Å². The summed E-state index contributed by atoms with van der Waals surface area (Å²) < 4.78 is 0. The van der Waals surface area contributed by atoms with E-state index in [4.69, 9.17) is 5.73 Å². The lowest BCUT2D eigenvalue weighted by molar-refractivity contribution is 0.777. The average Bonchev–Trinajstić information content (AvgIpc) is 2.48. The van der Waals surface area contributed by atoms with Gasteiger partial charge in [0.15, 0.2) is 0 Å². The molecule has 1 rings (SSSR count). The van der Waals surface area contributed by atoms with Gasteiger partial charge in [-0.3, -0.25) is 0 Å². The van der Waals surface area contributed by atoms with Crippen molar-refractivity contribution in [3.63, 3.8) is 0 Å². The maximum Gasteiger partial charge on any atom is 0.131 e. The van der Waals surface area contributed by atoms with E-state index < -0.39 is 0 Å². The molecule has 0 aliphatic carbocycles. The van der Waals surface area contributed by atoms with Crippen LogP contribution in [-0.4, -0.2) is 10.2 Å². The van der Waals surface area contributed by atoms with E-state index >= 15 is 0 Å². The van der Waals surface area contributed by atoms with Crippen molar-refractivity contribution in [2.45, 2.75) is 32.7 Å². The zero-order valence-electron chi connectivity index (χ0n) is 6.71. The first-order chi connectivity index (χ1) is 5.36. The van der Waals surface area contributed by atoms with Gasteiger partial charge in [-0.25, -0.2) is 0 Å². The van der Waals surface area contributed by atoms with Crippen LogP contribution in [0.4, 0.5) is 0 Å². The smallest absolute Gasteiger partial charge is 0.131 e. The van der Waals surface area contributed by atoms with Crippen molar-refractivity contribution in [2.75, 3.05) is 0 Å². The van der Waals surface area contributed by atoms with Crippen LogP contribution in [0.15, 0.2) is 0 Å². The Labute approximate surface area is 70.6 Å². The Bertz CT molecular complexity index is 209. The Kier molecular flexibility index (Phi) is 3.45.